The van der Waals surface area contributed by atoms with Gasteiger partial charge < -0.3 is 10.1 Å². The van der Waals surface area contributed by atoms with Crippen molar-refractivity contribution < 1.29 is 17.9 Å². The van der Waals surface area contributed by atoms with E-state index >= 15 is 0 Å². The number of ether oxygens (including phenoxy) is 1. The normalized spacial score (nSPS) is 19.7. The van der Waals surface area contributed by atoms with Crippen molar-refractivity contribution in [1.82, 2.24) is 9.62 Å². The molecule has 0 radical (unpaired) electrons. The zero-order valence-corrected chi connectivity index (χ0v) is 16.7. The van der Waals surface area contributed by atoms with Crippen LogP contribution in [0.3, 0.4) is 0 Å². The van der Waals surface area contributed by atoms with Gasteiger partial charge in [0.25, 0.3) is 0 Å². The lowest BCUT2D eigenvalue weighted by Gasteiger charge is -2.31. The van der Waals surface area contributed by atoms with E-state index in [4.69, 9.17) is 4.74 Å². The average Bonchev–Trinajstić information content (AvgIpc) is 2.63. The van der Waals surface area contributed by atoms with Crippen molar-refractivity contribution in [2.45, 2.75) is 57.4 Å². The fourth-order valence-electron chi connectivity index (χ4n) is 3.26. The molecular formula is C19H30N2O4S. The Hall–Kier alpha value is -1.60. The smallest absolute Gasteiger partial charge is 0.243 e. The van der Waals surface area contributed by atoms with Gasteiger partial charge in [0.15, 0.2) is 0 Å². The number of hydrogen-bond donors (Lipinski definition) is 1. The number of nitrogens with one attached hydrogen (secondary N) is 1. The van der Waals surface area contributed by atoms with Crippen molar-refractivity contribution >= 4 is 15.9 Å². The van der Waals surface area contributed by atoms with Crippen LogP contribution in [0.5, 0.6) is 5.75 Å². The molecule has 1 aromatic rings. The van der Waals surface area contributed by atoms with E-state index in [0.717, 1.165) is 19.3 Å². The summed E-state index contributed by atoms with van der Waals surface area (Å²) in [5, 5.41) is 3.01. The van der Waals surface area contributed by atoms with Gasteiger partial charge in [-0.25, -0.2) is 8.42 Å². The monoisotopic (exact) mass is 382 g/mol. The van der Waals surface area contributed by atoms with E-state index < -0.39 is 10.0 Å². The van der Waals surface area contributed by atoms with Crippen LogP contribution in [-0.2, 0) is 14.8 Å². The van der Waals surface area contributed by atoms with E-state index in [1.807, 2.05) is 13.8 Å². The van der Waals surface area contributed by atoms with E-state index in [-0.39, 0.29) is 29.3 Å². The highest BCUT2D eigenvalue weighted by atomic mass is 32.2. The molecule has 0 spiro atoms. The molecule has 1 aliphatic heterocycles. The first-order valence-corrected chi connectivity index (χ1v) is 10.9. The Morgan fingerprint density at radius 2 is 2.00 bits per heavy atom. The second kappa shape index (κ2) is 9.37. The van der Waals surface area contributed by atoms with Crippen LogP contribution >= 0.6 is 0 Å². The molecule has 6 nitrogen and oxygen atoms in total. The summed E-state index contributed by atoms with van der Waals surface area (Å²) in [6.45, 7) is 7.16. The number of sulfonamides is 1. The van der Waals surface area contributed by atoms with Crippen LogP contribution in [0, 0.1) is 5.92 Å². The number of piperidine rings is 1. The summed E-state index contributed by atoms with van der Waals surface area (Å²) in [5.74, 6) is 0.310. The van der Waals surface area contributed by atoms with Gasteiger partial charge in [-0.3, -0.25) is 4.79 Å². The van der Waals surface area contributed by atoms with Crippen LogP contribution in [0.1, 0.15) is 46.5 Å². The summed E-state index contributed by atoms with van der Waals surface area (Å²) >= 11 is 0. The lowest BCUT2D eigenvalue weighted by Crippen LogP contribution is -2.47. The highest BCUT2D eigenvalue weighted by molar-refractivity contribution is 7.89. The lowest BCUT2D eigenvalue weighted by molar-refractivity contribution is -0.126. The third-order valence-corrected chi connectivity index (χ3v) is 6.52. The number of amides is 1. The van der Waals surface area contributed by atoms with Crippen molar-refractivity contribution in [3.8, 4) is 5.75 Å². The summed E-state index contributed by atoms with van der Waals surface area (Å²) in [5.41, 5.74) is 0. The number of carbonyl (C=O) groups excluding carboxylic acids is 1. The Morgan fingerprint density at radius 3 is 2.62 bits per heavy atom. The standard InChI is InChI=1S/C19H30N2O4S/c1-4-7-15(3)20-19(22)16-8-6-13-21(14-16)26(23,24)18-11-9-17(10-12-18)25-5-2/h9-12,15-16H,4-8,13-14H2,1-3H3,(H,20,22)/t15-,16+/m0/s1. The van der Waals surface area contributed by atoms with Gasteiger partial charge in [-0.15, -0.1) is 0 Å². The van der Waals surface area contributed by atoms with Gasteiger partial charge in [-0.2, -0.15) is 4.31 Å². The summed E-state index contributed by atoms with van der Waals surface area (Å²) in [4.78, 5) is 12.7. The average molecular weight is 383 g/mol. The summed E-state index contributed by atoms with van der Waals surface area (Å²) in [6, 6.07) is 6.57. The lowest BCUT2D eigenvalue weighted by atomic mass is 9.98. The summed E-state index contributed by atoms with van der Waals surface area (Å²) < 4.78 is 32.6. The molecule has 0 aromatic heterocycles. The quantitative estimate of drug-likeness (QED) is 0.750. The Labute approximate surface area is 157 Å². The van der Waals surface area contributed by atoms with Gasteiger partial charge in [0.05, 0.1) is 17.4 Å². The van der Waals surface area contributed by atoms with Crippen molar-refractivity contribution in [3.63, 3.8) is 0 Å². The van der Waals surface area contributed by atoms with E-state index in [1.165, 1.54) is 4.31 Å². The Morgan fingerprint density at radius 1 is 1.31 bits per heavy atom. The van der Waals surface area contributed by atoms with Crippen LogP contribution in [0.2, 0.25) is 0 Å². The molecule has 2 atom stereocenters. The van der Waals surface area contributed by atoms with Crippen LogP contribution < -0.4 is 10.1 Å². The molecule has 1 fully saturated rings. The largest absolute Gasteiger partial charge is 0.494 e. The Kier molecular flexibility index (Phi) is 7.46. The fourth-order valence-corrected chi connectivity index (χ4v) is 4.79. The molecule has 1 aromatic carbocycles. The molecule has 2 rings (SSSR count). The molecular weight excluding hydrogens is 352 g/mol. The van der Waals surface area contributed by atoms with Gasteiger partial charge in [-0.05, 0) is 57.4 Å². The molecule has 7 heteroatoms. The number of benzene rings is 1. The van der Waals surface area contributed by atoms with Crippen LogP contribution in [0.25, 0.3) is 0 Å². The number of rotatable bonds is 8. The molecule has 26 heavy (non-hydrogen) atoms. The van der Waals surface area contributed by atoms with Crippen LogP contribution in [0.4, 0.5) is 0 Å². The number of nitrogens with zero attached hydrogens (tertiary/aromatic N) is 1. The highest BCUT2D eigenvalue weighted by Crippen LogP contribution is 2.25. The first-order valence-electron chi connectivity index (χ1n) is 9.41. The van der Waals surface area contributed by atoms with Gasteiger partial charge in [0.2, 0.25) is 15.9 Å². The summed E-state index contributed by atoms with van der Waals surface area (Å²) in [7, 11) is -3.60. The van der Waals surface area contributed by atoms with Crippen molar-refractivity contribution in [2.24, 2.45) is 5.92 Å². The molecule has 1 saturated heterocycles. The third-order valence-electron chi connectivity index (χ3n) is 4.64. The molecule has 1 amide bonds. The van der Waals surface area contributed by atoms with E-state index in [0.29, 0.717) is 25.3 Å². The van der Waals surface area contributed by atoms with Crippen molar-refractivity contribution in [3.05, 3.63) is 24.3 Å². The molecule has 1 aliphatic rings. The maximum Gasteiger partial charge on any atom is 0.243 e. The van der Waals surface area contributed by atoms with E-state index in [9.17, 15) is 13.2 Å². The number of hydrogen-bond acceptors (Lipinski definition) is 4. The molecule has 0 saturated carbocycles. The fraction of sp³-hybridized carbons (Fsp3) is 0.632. The van der Waals surface area contributed by atoms with Gasteiger partial charge in [-0.1, -0.05) is 13.3 Å². The zero-order valence-electron chi connectivity index (χ0n) is 15.9. The predicted octanol–water partition coefficient (Wildman–Crippen LogP) is 2.79. The molecule has 146 valence electrons. The van der Waals surface area contributed by atoms with Gasteiger partial charge >= 0.3 is 0 Å². The number of carbonyl (C=O) groups is 1. The minimum absolute atomic E-state index is 0.0439. The SMILES string of the molecule is CCC[C@H](C)NC(=O)[C@@H]1CCCN(S(=O)(=O)c2ccc(OCC)cc2)C1. The van der Waals surface area contributed by atoms with Crippen LogP contribution in [-0.4, -0.2) is 44.4 Å². The van der Waals surface area contributed by atoms with Crippen molar-refractivity contribution in [1.29, 1.82) is 0 Å². The zero-order chi connectivity index (χ0) is 19.2. The minimum Gasteiger partial charge on any atom is -0.494 e. The molecule has 0 unspecified atom stereocenters. The summed E-state index contributed by atoms with van der Waals surface area (Å²) in [6.07, 6.45) is 3.34. The highest BCUT2D eigenvalue weighted by Gasteiger charge is 2.33. The Bertz CT molecular complexity index is 688. The predicted molar refractivity (Wildman–Crippen MR) is 102 cm³/mol. The molecule has 0 bridgehead atoms. The topological polar surface area (TPSA) is 75.7 Å². The maximum absolute atomic E-state index is 12.9. The first-order chi connectivity index (χ1) is 12.4. The van der Waals surface area contributed by atoms with Crippen molar-refractivity contribution in [2.75, 3.05) is 19.7 Å². The first kappa shape index (κ1) is 20.7. The second-order valence-corrected chi connectivity index (χ2v) is 8.74. The molecule has 1 heterocycles. The maximum atomic E-state index is 12.9. The second-order valence-electron chi connectivity index (χ2n) is 6.80. The van der Waals surface area contributed by atoms with E-state index in [1.54, 1.807) is 24.3 Å². The molecule has 1 N–H and O–H groups in total. The Balaban J connectivity index is 2.06. The van der Waals surface area contributed by atoms with Gasteiger partial charge in [0, 0.05) is 19.1 Å². The van der Waals surface area contributed by atoms with Gasteiger partial charge in [0.1, 0.15) is 5.75 Å². The minimum atomic E-state index is -3.60. The van der Waals surface area contributed by atoms with E-state index in [2.05, 4.69) is 12.2 Å². The molecule has 0 aliphatic carbocycles. The van der Waals surface area contributed by atoms with Crippen LogP contribution in [0.15, 0.2) is 29.2 Å². The third kappa shape index (κ3) is 5.20.